The number of hydrogen-bond donors (Lipinski definition) is 1. The van der Waals surface area contributed by atoms with Gasteiger partial charge in [0.05, 0.1) is 10.5 Å². The third kappa shape index (κ3) is 4.05. The zero-order valence-corrected chi connectivity index (χ0v) is 12.3. The number of ketones is 1. The molecule has 0 aliphatic carbocycles. The molecule has 2 rings (SSSR count). The van der Waals surface area contributed by atoms with Gasteiger partial charge in [-0.15, -0.1) is 23.5 Å². The first-order chi connectivity index (χ1) is 9.68. The van der Waals surface area contributed by atoms with E-state index in [-0.39, 0.29) is 5.57 Å². The first-order valence-corrected chi connectivity index (χ1v) is 8.14. The third-order valence-corrected chi connectivity index (χ3v) is 5.24. The van der Waals surface area contributed by atoms with Crippen LogP contribution in [0.4, 0.5) is 0 Å². The standard InChI is InChI=1S/C14H14O4S2/c15-11(6-5-10-4-3-7-18-10)12(13(16)17)14-19-8-1-2-9-20-14/h3-7H,1-2,8-9H2,(H,16,17). The van der Waals surface area contributed by atoms with Crippen LogP contribution in [0.1, 0.15) is 18.6 Å². The van der Waals surface area contributed by atoms with Crippen LogP contribution in [0.15, 0.2) is 38.7 Å². The molecule has 20 heavy (non-hydrogen) atoms. The summed E-state index contributed by atoms with van der Waals surface area (Å²) in [5, 5.41) is 9.28. The number of allylic oxidation sites excluding steroid dienone is 1. The molecule has 0 unspecified atom stereocenters. The summed E-state index contributed by atoms with van der Waals surface area (Å²) in [6.45, 7) is 0. The lowest BCUT2D eigenvalue weighted by molar-refractivity contribution is -0.134. The molecule has 0 aromatic carbocycles. The van der Waals surface area contributed by atoms with Crippen molar-refractivity contribution in [2.45, 2.75) is 12.8 Å². The van der Waals surface area contributed by atoms with Crippen molar-refractivity contribution >= 4 is 41.4 Å². The molecule has 1 saturated heterocycles. The maximum atomic E-state index is 12.1. The first-order valence-electron chi connectivity index (χ1n) is 6.17. The van der Waals surface area contributed by atoms with Crippen LogP contribution in [0.3, 0.4) is 0 Å². The van der Waals surface area contributed by atoms with Gasteiger partial charge in [0.25, 0.3) is 0 Å². The number of aliphatic carboxylic acids is 1. The third-order valence-electron chi connectivity index (χ3n) is 2.61. The molecule has 1 fully saturated rings. The molecule has 6 heteroatoms. The van der Waals surface area contributed by atoms with Crippen molar-refractivity contribution in [2.24, 2.45) is 0 Å². The Morgan fingerprint density at radius 2 is 1.95 bits per heavy atom. The molecule has 1 aliphatic rings. The highest BCUT2D eigenvalue weighted by molar-refractivity contribution is 8.22. The van der Waals surface area contributed by atoms with E-state index in [4.69, 9.17) is 4.42 Å². The van der Waals surface area contributed by atoms with Crippen LogP contribution in [0.5, 0.6) is 0 Å². The van der Waals surface area contributed by atoms with Gasteiger partial charge in [0.15, 0.2) is 5.78 Å². The SMILES string of the molecule is O=C(O)C(C(=O)C=Cc1ccco1)=C1SCCCCS1. The number of carboxylic acid groups (broad SMARTS) is 1. The molecule has 0 radical (unpaired) electrons. The fraction of sp³-hybridized carbons (Fsp3) is 0.286. The lowest BCUT2D eigenvalue weighted by atomic mass is 10.2. The molecule has 1 aromatic rings. The Morgan fingerprint density at radius 3 is 2.50 bits per heavy atom. The number of carboxylic acids is 1. The summed E-state index contributed by atoms with van der Waals surface area (Å²) >= 11 is 2.91. The Labute approximate surface area is 125 Å². The number of furan rings is 1. The number of carbonyl (C=O) groups is 2. The average Bonchev–Trinajstić information content (AvgIpc) is 2.80. The van der Waals surface area contributed by atoms with Crippen LogP contribution in [0, 0.1) is 0 Å². The Kier molecular flexibility index (Phi) is 5.55. The number of thioether (sulfide) groups is 2. The summed E-state index contributed by atoms with van der Waals surface area (Å²) in [4.78, 5) is 23.4. The molecule has 106 valence electrons. The van der Waals surface area contributed by atoms with E-state index in [1.165, 1.54) is 41.9 Å². The van der Waals surface area contributed by atoms with Crippen molar-refractivity contribution < 1.29 is 19.1 Å². The van der Waals surface area contributed by atoms with Gasteiger partial charge in [-0.05, 0) is 48.6 Å². The van der Waals surface area contributed by atoms with Crippen molar-refractivity contribution in [2.75, 3.05) is 11.5 Å². The largest absolute Gasteiger partial charge is 0.477 e. The van der Waals surface area contributed by atoms with Gasteiger partial charge >= 0.3 is 5.97 Å². The lowest BCUT2D eigenvalue weighted by Crippen LogP contribution is -2.11. The van der Waals surface area contributed by atoms with Gasteiger partial charge in [-0.2, -0.15) is 0 Å². The van der Waals surface area contributed by atoms with Crippen LogP contribution < -0.4 is 0 Å². The van der Waals surface area contributed by atoms with Crippen molar-refractivity contribution in [3.05, 3.63) is 40.0 Å². The minimum absolute atomic E-state index is 0.135. The number of rotatable bonds is 4. The van der Waals surface area contributed by atoms with Crippen molar-refractivity contribution in [1.82, 2.24) is 0 Å². The van der Waals surface area contributed by atoms with Gasteiger partial charge in [0.2, 0.25) is 0 Å². The Hall–Kier alpha value is -1.40. The normalized spacial score (nSPS) is 16.1. The summed E-state index contributed by atoms with van der Waals surface area (Å²) in [7, 11) is 0. The minimum atomic E-state index is -1.17. The highest BCUT2D eigenvalue weighted by Crippen LogP contribution is 2.36. The van der Waals surface area contributed by atoms with E-state index in [9.17, 15) is 14.7 Å². The lowest BCUT2D eigenvalue weighted by Gasteiger charge is -2.06. The molecule has 0 atom stereocenters. The van der Waals surface area contributed by atoms with E-state index in [0.29, 0.717) is 10.00 Å². The molecule has 1 N–H and O–H groups in total. The Morgan fingerprint density at radius 1 is 1.25 bits per heavy atom. The molecule has 2 heterocycles. The molecular weight excluding hydrogens is 296 g/mol. The highest BCUT2D eigenvalue weighted by Gasteiger charge is 2.22. The van der Waals surface area contributed by atoms with Gasteiger partial charge in [0, 0.05) is 0 Å². The minimum Gasteiger partial charge on any atom is -0.477 e. The van der Waals surface area contributed by atoms with Crippen LogP contribution in [0.2, 0.25) is 0 Å². The quantitative estimate of drug-likeness (QED) is 0.522. The highest BCUT2D eigenvalue weighted by atomic mass is 32.2. The molecular formula is C14H14O4S2. The molecule has 0 bridgehead atoms. The summed E-state index contributed by atoms with van der Waals surface area (Å²) in [6, 6.07) is 3.41. The first kappa shape index (κ1) is 15.0. The van der Waals surface area contributed by atoms with E-state index in [1.807, 2.05) is 0 Å². The predicted molar refractivity (Wildman–Crippen MR) is 81.6 cm³/mol. The maximum Gasteiger partial charge on any atom is 0.341 e. The summed E-state index contributed by atoms with van der Waals surface area (Å²) in [5.74, 6) is 0.568. The topological polar surface area (TPSA) is 67.5 Å². The number of hydrogen-bond acceptors (Lipinski definition) is 5. The second-order valence-electron chi connectivity index (χ2n) is 4.08. The van der Waals surface area contributed by atoms with E-state index in [2.05, 4.69) is 0 Å². The van der Waals surface area contributed by atoms with Crippen molar-refractivity contribution in [3.8, 4) is 0 Å². The van der Waals surface area contributed by atoms with Gasteiger partial charge in [-0.3, -0.25) is 4.79 Å². The van der Waals surface area contributed by atoms with E-state index >= 15 is 0 Å². The van der Waals surface area contributed by atoms with Crippen LogP contribution in [-0.4, -0.2) is 28.4 Å². The van der Waals surface area contributed by atoms with Gasteiger partial charge < -0.3 is 9.52 Å². The fourth-order valence-corrected chi connectivity index (χ4v) is 4.21. The van der Waals surface area contributed by atoms with Gasteiger partial charge in [-0.1, -0.05) is 0 Å². The fourth-order valence-electron chi connectivity index (χ4n) is 1.64. The molecule has 4 nitrogen and oxygen atoms in total. The maximum absolute atomic E-state index is 12.1. The summed E-state index contributed by atoms with van der Waals surface area (Å²) in [6.07, 6.45) is 6.33. The van der Waals surface area contributed by atoms with Crippen molar-refractivity contribution in [1.29, 1.82) is 0 Å². The molecule has 0 saturated carbocycles. The summed E-state index contributed by atoms with van der Waals surface area (Å²) in [5.41, 5.74) is -0.135. The second-order valence-corrected chi connectivity index (χ2v) is 6.55. The van der Waals surface area contributed by atoms with Gasteiger partial charge in [0.1, 0.15) is 11.3 Å². The average molecular weight is 310 g/mol. The van der Waals surface area contributed by atoms with Crippen molar-refractivity contribution in [3.63, 3.8) is 0 Å². The van der Waals surface area contributed by atoms with E-state index in [0.717, 1.165) is 24.3 Å². The molecule has 0 spiro atoms. The van der Waals surface area contributed by atoms with Crippen LogP contribution in [0.25, 0.3) is 6.08 Å². The zero-order valence-electron chi connectivity index (χ0n) is 10.7. The Bertz CT molecular complexity index is 534. The number of carbonyl (C=O) groups excluding carboxylic acids is 1. The van der Waals surface area contributed by atoms with Gasteiger partial charge in [-0.25, -0.2) is 4.79 Å². The predicted octanol–water partition coefficient (Wildman–Crippen LogP) is 3.42. The monoisotopic (exact) mass is 310 g/mol. The zero-order chi connectivity index (χ0) is 14.4. The smallest absolute Gasteiger partial charge is 0.341 e. The molecule has 1 aromatic heterocycles. The van der Waals surface area contributed by atoms with E-state index < -0.39 is 11.8 Å². The second kappa shape index (κ2) is 7.40. The summed E-state index contributed by atoms with van der Waals surface area (Å²) < 4.78 is 5.69. The van der Waals surface area contributed by atoms with E-state index in [1.54, 1.807) is 12.1 Å². The van der Waals surface area contributed by atoms with Crippen LogP contribution >= 0.6 is 23.5 Å². The van der Waals surface area contributed by atoms with Crippen LogP contribution in [-0.2, 0) is 9.59 Å². The molecule has 0 amide bonds. The molecule has 1 aliphatic heterocycles. The Balaban J connectivity index is 2.21.